The van der Waals surface area contributed by atoms with E-state index in [-0.39, 0.29) is 19.0 Å². The van der Waals surface area contributed by atoms with Crippen molar-refractivity contribution in [3.05, 3.63) is 42.0 Å². The van der Waals surface area contributed by atoms with Crippen molar-refractivity contribution in [1.82, 2.24) is 4.90 Å². The Hall–Kier alpha value is -2.14. The van der Waals surface area contributed by atoms with Gasteiger partial charge in [0.1, 0.15) is 6.54 Å². The fraction of sp³-hybridized carbons (Fsp3) is 0.286. The Balaban J connectivity index is 2.65. The maximum absolute atomic E-state index is 11.9. The molecule has 1 amide bonds. The summed E-state index contributed by atoms with van der Waals surface area (Å²) in [4.78, 5) is 23.8. The van der Waals surface area contributed by atoms with Crippen molar-refractivity contribution < 1.29 is 19.4 Å². The lowest BCUT2D eigenvalue weighted by molar-refractivity contribution is -0.143. The first-order valence-corrected chi connectivity index (χ1v) is 5.86. The van der Waals surface area contributed by atoms with Crippen LogP contribution < -0.4 is 0 Å². The molecule has 0 heterocycles. The number of ether oxygens (including phenoxy) is 1. The molecule has 1 N–H and O–H groups in total. The van der Waals surface area contributed by atoms with Crippen molar-refractivity contribution in [1.29, 1.82) is 0 Å². The molecule has 19 heavy (non-hydrogen) atoms. The Labute approximate surface area is 112 Å². The van der Waals surface area contributed by atoms with Crippen molar-refractivity contribution >= 4 is 18.0 Å². The summed E-state index contributed by atoms with van der Waals surface area (Å²) in [5.41, 5.74) is 0.887. The number of amides is 1. The smallest absolute Gasteiger partial charge is 0.323 e. The molecule has 0 atom stereocenters. The van der Waals surface area contributed by atoms with Gasteiger partial charge < -0.3 is 14.7 Å². The van der Waals surface area contributed by atoms with Crippen LogP contribution in [-0.4, -0.2) is 48.7 Å². The average molecular weight is 263 g/mol. The number of carboxylic acids is 1. The van der Waals surface area contributed by atoms with Crippen molar-refractivity contribution in [2.24, 2.45) is 0 Å². The molecular weight excluding hydrogens is 246 g/mol. The maximum Gasteiger partial charge on any atom is 0.323 e. The van der Waals surface area contributed by atoms with E-state index in [4.69, 9.17) is 9.84 Å². The summed E-state index contributed by atoms with van der Waals surface area (Å²) in [7, 11) is 1.50. The minimum absolute atomic E-state index is 0.251. The van der Waals surface area contributed by atoms with Gasteiger partial charge in [-0.2, -0.15) is 0 Å². The summed E-state index contributed by atoms with van der Waals surface area (Å²) in [6.45, 7) is 0.223. The van der Waals surface area contributed by atoms with Crippen molar-refractivity contribution in [2.75, 3.05) is 26.8 Å². The van der Waals surface area contributed by atoms with E-state index in [0.717, 1.165) is 5.56 Å². The molecule has 0 unspecified atom stereocenters. The molecule has 0 spiro atoms. The van der Waals surface area contributed by atoms with Gasteiger partial charge in [0.15, 0.2) is 0 Å². The van der Waals surface area contributed by atoms with Gasteiger partial charge in [-0.3, -0.25) is 9.59 Å². The lowest BCUT2D eigenvalue weighted by Crippen LogP contribution is -2.36. The van der Waals surface area contributed by atoms with E-state index in [2.05, 4.69) is 0 Å². The van der Waals surface area contributed by atoms with Gasteiger partial charge in [-0.05, 0) is 11.6 Å². The molecule has 0 aromatic heterocycles. The third-order valence-electron chi connectivity index (χ3n) is 2.42. The molecule has 1 aromatic rings. The largest absolute Gasteiger partial charge is 0.480 e. The molecule has 5 heteroatoms. The summed E-state index contributed by atoms with van der Waals surface area (Å²) < 4.78 is 4.86. The Morgan fingerprint density at radius 2 is 2.00 bits per heavy atom. The van der Waals surface area contributed by atoms with Crippen LogP contribution in [0.3, 0.4) is 0 Å². The molecule has 0 saturated heterocycles. The number of nitrogens with zero attached hydrogens (tertiary/aromatic N) is 1. The molecule has 5 nitrogen and oxygen atoms in total. The van der Waals surface area contributed by atoms with Crippen LogP contribution in [0.2, 0.25) is 0 Å². The Kier molecular flexibility index (Phi) is 6.32. The molecule has 0 fully saturated rings. The lowest BCUT2D eigenvalue weighted by atomic mass is 10.2. The maximum atomic E-state index is 11.9. The molecule has 0 aliphatic rings. The van der Waals surface area contributed by atoms with E-state index in [0.29, 0.717) is 6.61 Å². The van der Waals surface area contributed by atoms with Crippen LogP contribution in [0.1, 0.15) is 5.56 Å². The highest BCUT2D eigenvalue weighted by Crippen LogP contribution is 2.02. The summed E-state index contributed by atoms with van der Waals surface area (Å²) in [5, 5.41) is 8.76. The highest BCUT2D eigenvalue weighted by Gasteiger charge is 2.13. The molecule has 1 aromatic carbocycles. The number of rotatable bonds is 7. The highest BCUT2D eigenvalue weighted by atomic mass is 16.5. The standard InChI is InChI=1S/C14H17NO4/c1-19-10-9-15(11-14(17)18)13(16)8-7-12-5-3-2-4-6-12/h2-8H,9-11H2,1H3,(H,17,18)/b8-7+. The minimum atomic E-state index is -1.04. The van der Waals surface area contributed by atoms with Gasteiger partial charge in [-0.25, -0.2) is 0 Å². The zero-order chi connectivity index (χ0) is 14.1. The molecule has 0 bridgehead atoms. The first kappa shape index (κ1) is 14.9. The van der Waals surface area contributed by atoms with Gasteiger partial charge in [-0.1, -0.05) is 30.3 Å². The molecule has 0 aliphatic heterocycles. The van der Waals surface area contributed by atoms with Crippen molar-refractivity contribution in [3.63, 3.8) is 0 Å². The van der Waals surface area contributed by atoms with Crippen LogP contribution in [-0.2, 0) is 14.3 Å². The Bertz CT molecular complexity index is 442. The van der Waals surface area contributed by atoms with Crippen LogP contribution in [0.15, 0.2) is 36.4 Å². The number of carbonyl (C=O) groups excluding carboxylic acids is 1. The number of benzene rings is 1. The van der Waals surface area contributed by atoms with Gasteiger partial charge in [0, 0.05) is 19.7 Å². The topological polar surface area (TPSA) is 66.8 Å². The van der Waals surface area contributed by atoms with Gasteiger partial charge >= 0.3 is 5.97 Å². The van der Waals surface area contributed by atoms with Crippen LogP contribution in [0.5, 0.6) is 0 Å². The molecule has 0 saturated carbocycles. The van der Waals surface area contributed by atoms with E-state index < -0.39 is 5.97 Å². The second kappa shape index (κ2) is 8.05. The molecule has 102 valence electrons. The van der Waals surface area contributed by atoms with Crippen LogP contribution >= 0.6 is 0 Å². The normalized spacial score (nSPS) is 10.6. The second-order valence-corrected chi connectivity index (χ2v) is 3.89. The number of hydrogen-bond donors (Lipinski definition) is 1. The van der Waals surface area contributed by atoms with E-state index in [9.17, 15) is 9.59 Å². The van der Waals surface area contributed by atoms with E-state index in [1.54, 1.807) is 6.08 Å². The van der Waals surface area contributed by atoms with Crippen LogP contribution in [0.4, 0.5) is 0 Å². The van der Waals surface area contributed by atoms with Gasteiger partial charge in [0.05, 0.1) is 6.61 Å². The van der Waals surface area contributed by atoms with E-state index in [1.807, 2.05) is 30.3 Å². The zero-order valence-corrected chi connectivity index (χ0v) is 10.8. The Morgan fingerprint density at radius 1 is 1.32 bits per heavy atom. The van der Waals surface area contributed by atoms with Crippen molar-refractivity contribution in [2.45, 2.75) is 0 Å². The van der Waals surface area contributed by atoms with E-state index >= 15 is 0 Å². The third-order valence-corrected chi connectivity index (χ3v) is 2.42. The lowest BCUT2D eigenvalue weighted by Gasteiger charge is -2.18. The highest BCUT2D eigenvalue weighted by molar-refractivity contribution is 5.93. The molecular formula is C14H17NO4. The second-order valence-electron chi connectivity index (χ2n) is 3.89. The summed E-state index contributed by atoms with van der Waals surface area (Å²) in [5.74, 6) is -1.39. The van der Waals surface area contributed by atoms with Crippen LogP contribution in [0, 0.1) is 0 Å². The average Bonchev–Trinajstić information content (AvgIpc) is 2.41. The van der Waals surface area contributed by atoms with Crippen LogP contribution in [0.25, 0.3) is 6.08 Å². The molecule has 1 rings (SSSR count). The SMILES string of the molecule is COCCN(CC(=O)O)C(=O)/C=C/c1ccccc1. The first-order valence-electron chi connectivity index (χ1n) is 5.86. The Morgan fingerprint density at radius 3 is 2.58 bits per heavy atom. The quantitative estimate of drug-likeness (QED) is 0.752. The summed E-state index contributed by atoms with van der Waals surface area (Å²) in [6, 6.07) is 9.34. The fourth-order valence-electron chi connectivity index (χ4n) is 1.47. The first-order chi connectivity index (χ1) is 9.13. The third kappa shape index (κ3) is 5.83. The number of carbonyl (C=O) groups is 2. The van der Waals surface area contributed by atoms with Gasteiger partial charge in [-0.15, -0.1) is 0 Å². The number of methoxy groups -OCH3 is 1. The van der Waals surface area contributed by atoms with Crippen molar-refractivity contribution in [3.8, 4) is 0 Å². The summed E-state index contributed by atoms with van der Waals surface area (Å²) >= 11 is 0. The fourth-order valence-corrected chi connectivity index (χ4v) is 1.47. The predicted octanol–water partition coefficient (Wildman–Crippen LogP) is 1.26. The predicted molar refractivity (Wildman–Crippen MR) is 71.6 cm³/mol. The number of carboxylic acid groups (broad SMARTS) is 1. The molecule has 0 radical (unpaired) electrons. The zero-order valence-electron chi connectivity index (χ0n) is 10.8. The van der Waals surface area contributed by atoms with E-state index in [1.165, 1.54) is 18.1 Å². The molecule has 0 aliphatic carbocycles. The monoisotopic (exact) mass is 263 g/mol. The minimum Gasteiger partial charge on any atom is -0.480 e. The van der Waals surface area contributed by atoms with Gasteiger partial charge in [0.2, 0.25) is 5.91 Å². The van der Waals surface area contributed by atoms with Gasteiger partial charge in [0.25, 0.3) is 0 Å². The summed E-state index contributed by atoms with van der Waals surface area (Å²) in [6.07, 6.45) is 3.03. The number of aliphatic carboxylic acids is 1. The number of hydrogen-bond acceptors (Lipinski definition) is 3.